The van der Waals surface area contributed by atoms with Gasteiger partial charge in [-0.1, -0.05) is 5.21 Å². The van der Waals surface area contributed by atoms with Gasteiger partial charge in [-0.3, -0.25) is 4.79 Å². The molecule has 0 radical (unpaired) electrons. The molecule has 8 heteroatoms. The van der Waals surface area contributed by atoms with E-state index in [4.69, 9.17) is 4.74 Å². The number of likely N-dealkylation sites (tertiary alicyclic amines) is 1. The van der Waals surface area contributed by atoms with Crippen LogP contribution in [0.3, 0.4) is 0 Å². The highest BCUT2D eigenvalue weighted by Gasteiger charge is 2.37. The number of hydrogen-bond donors (Lipinski definition) is 0. The Balaban J connectivity index is 1.49. The minimum Gasteiger partial charge on any atom is -0.370 e. The number of piperidine rings is 1. The van der Waals surface area contributed by atoms with Crippen LogP contribution >= 0.6 is 11.3 Å². The van der Waals surface area contributed by atoms with Crippen molar-refractivity contribution in [1.82, 2.24) is 24.9 Å². The first-order valence-electron chi connectivity index (χ1n) is 7.83. The molecule has 4 rings (SSSR count). The van der Waals surface area contributed by atoms with E-state index < -0.39 is 0 Å². The molecule has 7 nitrogen and oxygen atoms in total. The Morgan fingerprint density at radius 2 is 2.35 bits per heavy atom. The van der Waals surface area contributed by atoms with Gasteiger partial charge < -0.3 is 9.64 Å². The highest BCUT2D eigenvalue weighted by Crippen LogP contribution is 2.30. The Kier molecular flexibility index (Phi) is 3.65. The molecule has 0 spiro atoms. The quantitative estimate of drug-likeness (QED) is 0.827. The van der Waals surface area contributed by atoms with Gasteiger partial charge >= 0.3 is 0 Å². The Bertz CT molecular complexity index is 740. The lowest BCUT2D eigenvalue weighted by molar-refractivity contribution is -0.137. The number of thiazole rings is 1. The topological polar surface area (TPSA) is 73.1 Å². The second kappa shape index (κ2) is 5.68. The number of carbonyl (C=O) groups is 1. The maximum Gasteiger partial charge on any atom is 0.228 e. The minimum absolute atomic E-state index is 0.0669. The van der Waals surface area contributed by atoms with Crippen LogP contribution in [0.15, 0.2) is 6.20 Å². The van der Waals surface area contributed by atoms with Crippen LogP contribution in [0.2, 0.25) is 0 Å². The fourth-order valence-electron chi connectivity index (χ4n) is 3.40. The number of ether oxygens (including phenoxy) is 1. The van der Waals surface area contributed by atoms with Crippen molar-refractivity contribution in [1.29, 1.82) is 0 Å². The van der Waals surface area contributed by atoms with Crippen molar-refractivity contribution in [2.24, 2.45) is 0 Å². The highest BCUT2D eigenvalue weighted by atomic mass is 32.1. The van der Waals surface area contributed by atoms with E-state index in [9.17, 15) is 4.79 Å². The summed E-state index contributed by atoms with van der Waals surface area (Å²) in [5.41, 5.74) is 1.88. The van der Waals surface area contributed by atoms with Crippen molar-refractivity contribution >= 4 is 17.2 Å². The van der Waals surface area contributed by atoms with Crippen LogP contribution in [0.1, 0.15) is 33.7 Å². The van der Waals surface area contributed by atoms with Crippen molar-refractivity contribution in [2.45, 2.75) is 45.4 Å². The van der Waals surface area contributed by atoms with E-state index in [1.807, 2.05) is 23.4 Å². The van der Waals surface area contributed by atoms with Crippen molar-refractivity contribution in [3.8, 4) is 0 Å². The number of nitrogens with zero attached hydrogens (tertiary/aromatic N) is 5. The number of fused-ring (bicyclic) bond motifs is 3. The SMILES string of the molecule is Cc1nc(CC(=O)N2CC[C@@H]3OCc4cnnn4[C@H]3C2)c(C)s1. The molecule has 0 N–H and O–H groups in total. The smallest absolute Gasteiger partial charge is 0.228 e. The molecule has 23 heavy (non-hydrogen) atoms. The number of aryl methyl sites for hydroxylation is 2. The van der Waals surface area contributed by atoms with Crippen molar-refractivity contribution in [3.05, 3.63) is 27.5 Å². The molecule has 2 aromatic rings. The van der Waals surface area contributed by atoms with Crippen LogP contribution in [-0.4, -0.2) is 50.0 Å². The molecule has 2 aromatic heterocycles. The minimum atomic E-state index is 0.0669. The van der Waals surface area contributed by atoms with Crippen LogP contribution in [0.5, 0.6) is 0 Å². The van der Waals surface area contributed by atoms with E-state index in [2.05, 4.69) is 15.3 Å². The van der Waals surface area contributed by atoms with Gasteiger partial charge in [0.05, 0.1) is 47.8 Å². The lowest BCUT2D eigenvalue weighted by atomic mass is 10.00. The molecule has 0 aliphatic carbocycles. The van der Waals surface area contributed by atoms with Crippen LogP contribution < -0.4 is 0 Å². The monoisotopic (exact) mass is 333 g/mol. The molecule has 0 unspecified atom stereocenters. The Morgan fingerprint density at radius 3 is 3.13 bits per heavy atom. The fourth-order valence-corrected chi connectivity index (χ4v) is 4.23. The van der Waals surface area contributed by atoms with E-state index in [-0.39, 0.29) is 18.1 Å². The molecular weight excluding hydrogens is 314 g/mol. The van der Waals surface area contributed by atoms with Gasteiger partial charge in [-0.2, -0.15) is 0 Å². The van der Waals surface area contributed by atoms with E-state index >= 15 is 0 Å². The second-order valence-corrected chi connectivity index (χ2v) is 7.54. The number of amides is 1. The summed E-state index contributed by atoms with van der Waals surface area (Å²) >= 11 is 1.64. The summed E-state index contributed by atoms with van der Waals surface area (Å²) in [7, 11) is 0. The molecule has 0 bridgehead atoms. The van der Waals surface area contributed by atoms with E-state index in [1.165, 1.54) is 0 Å². The largest absolute Gasteiger partial charge is 0.370 e. The molecule has 4 heterocycles. The molecule has 1 fully saturated rings. The molecule has 1 saturated heterocycles. The first-order valence-corrected chi connectivity index (χ1v) is 8.65. The third-order valence-corrected chi connectivity index (χ3v) is 5.53. The van der Waals surface area contributed by atoms with Gasteiger partial charge in [0.15, 0.2) is 0 Å². The molecule has 2 atom stereocenters. The standard InChI is InChI=1S/C15H19N5O2S/c1-9-12(17-10(2)23-9)5-15(21)19-4-3-14-13(7-19)20-11(8-22-14)6-16-18-20/h6,13-14H,3-5,7-8H2,1-2H3/t13-,14-/m0/s1. The molecule has 0 aromatic carbocycles. The summed E-state index contributed by atoms with van der Waals surface area (Å²) in [6.45, 7) is 5.91. The van der Waals surface area contributed by atoms with Gasteiger partial charge in [0.25, 0.3) is 0 Å². The van der Waals surface area contributed by atoms with Crippen LogP contribution in [0, 0.1) is 13.8 Å². The van der Waals surface area contributed by atoms with E-state index in [0.717, 1.165) is 34.2 Å². The maximum atomic E-state index is 12.7. The summed E-state index contributed by atoms with van der Waals surface area (Å²) in [6.07, 6.45) is 3.07. The zero-order valence-electron chi connectivity index (χ0n) is 13.2. The normalized spacial score (nSPS) is 23.5. The van der Waals surface area contributed by atoms with Crippen molar-refractivity contribution < 1.29 is 9.53 Å². The molecule has 122 valence electrons. The number of carbonyl (C=O) groups excluding carboxylic acids is 1. The molecule has 1 amide bonds. The van der Waals surface area contributed by atoms with Gasteiger partial charge in [-0.15, -0.1) is 16.4 Å². The zero-order chi connectivity index (χ0) is 16.0. The Hall–Kier alpha value is -1.80. The molecule has 2 aliphatic heterocycles. The maximum absolute atomic E-state index is 12.7. The first-order chi connectivity index (χ1) is 11.1. The predicted octanol–water partition coefficient (Wildman–Crippen LogP) is 1.27. The number of aromatic nitrogens is 4. The summed E-state index contributed by atoms with van der Waals surface area (Å²) in [5, 5.41) is 9.15. The van der Waals surface area contributed by atoms with Crippen molar-refractivity contribution in [2.75, 3.05) is 13.1 Å². The van der Waals surface area contributed by atoms with Crippen LogP contribution in [-0.2, 0) is 22.6 Å². The van der Waals surface area contributed by atoms with E-state index in [1.54, 1.807) is 17.5 Å². The summed E-state index contributed by atoms with van der Waals surface area (Å²) in [4.78, 5) is 20.2. The highest BCUT2D eigenvalue weighted by molar-refractivity contribution is 7.11. The zero-order valence-corrected chi connectivity index (χ0v) is 14.0. The molecule has 0 saturated carbocycles. The number of rotatable bonds is 2. The number of hydrogen-bond acceptors (Lipinski definition) is 6. The Labute approximate surface area is 138 Å². The second-order valence-electron chi connectivity index (χ2n) is 6.13. The molecular formula is C15H19N5O2S. The summed E-state index contributed by atoms with van der Waals surface area (Å²) in [6, 6.07) is 0.0669. The van der Waals surface area contributed by atoms with Crippen LogP contribution in [0.4, 0.5) is 0 Å². The summed E-state index contributed by atoms with van der Waals surface area (Å²) < 4.78 is 7.81. The van der Waals surface area contributed by atoms with Gasteiger partial charge in [0.1, 0.15) is 0 Å². The average Bonchev–Trinajstić information content (AvgIpc) is 3.13. The third-order valence-electron chi connectivity index (χ3n) is 4.60. The third kappa shape index (κ3) is 2.66. The van der Waals surface area contributed by atoms with Crippen LogP contribution in [0.25, 0.3) is 0 Å². The van der Waals surface area contributed by atoms with Gasteiger partial charge in [-0.25, -0.2) is 9.67 Å². The fraction of sp³-hybridized carbons (Fsp3) is 0.600. The summed E-state index contributed by atoms with van der Waals surface area (Å²) in [5.74, 6) is 0.129. The predicted molar refractivity (Wildman–Crippen MR) is 84.1 cm³/mol. The van der Waals surface area contributed by atoms with Gasteiger partial charge in [-0.05, 0) is 20.3 Å². The lowest BCUT2D eigenvalue weighted by Gasteiger charge is -2.41. The molecule has 2 aliphatic rings. The first kappa shape index (κ1) is 14.8. The Morgan fingerprint density at radius 1 is 1.48 bits per heavy atom. The van der Waals surface area contributed by atoms with Gasteiger partial charge in [0.2, 0.25) is 5.91 Å². The van der Waals surface area contributed by atoms with E-state index in [0.29, 0.717) is 19.6 Å². The van der Waals surface area contributed by atoms with Crippen molar-refractivity contribution in [3.63, 3.8) is 0 Å². The average molecular weight is 333 g/mol. The van der Waals surface area contributed by atoms with Gasteiger partial charge in [0, 0.05) is 18.0 Å². The lowest BCUT2D eigenvalue weighted by Crippen LogP contribution is -2.50.